The van der Waals surface area contributed by atoms with E-state index in [-0.39, 0.29) is 0 Å². The number of rotatable bonds is 3. The number of aliphatic hydroxyl groups excluding tert-OH is 3. The summed E-state index contributed by atoms with van der Waals surface area (Å²) in [6.07, 6.45) is -2.29. The molecule has 120 valence electrons. The first-order valence-electron chi connectivity index (χ1n) is 6.51. The number of thioether (sulfide) groups is 1. The van der Waals surface area contributed by atoms with Crippen LogP contribution in [0.25, 0.3) is 11.0 Å². The van der Waals surface area contributed by atoms with Crippen LogP contribution >= 0.6 is 35.0 Å². The fourth-order valence-corrected chi connectivity index (χ4v) is 3.69. The van der Waals surface area contributed by atoms with Crippen LogP contribution in [0.4, 0.5) is 0 Å². The number of hydrogen-bond acceptors (Lipinski definition) is 6. The van der Waals surface area contributed by atoms with Gasteiger partial charge in [-0.2, -0.15) is 0 Å². The lowest BCUT2D eigenvalue weighted by atomic mass is 10.1. The first kappa shape index (κ1) is 16.3. The Labute approximate surface area is 140 Å². The van der Waals surface area contributed by atoms with Crippen LogP contribution in [0.3, 0.4) is 0 Å². The Morgan fingerprint density at radius 3 is 2.64 bits per heavy atom. The van der Waals surface area contributed by atoms with Crippen molar-refractivity contribution >= 4 is 46.0 Å². The average Bonchev–Trinajstić information content (AvgIpc) is 2.98. The molecule has 2 heterocycles. The van der Waals surface area contributed by atoms with Gasteiger partial charge in [-0.15, -0.1) is 0 Å². The van der Waals surface area contributed by atoms with Gasteiger partial charge in [0.05, 0.1) is 17.1 Å². The quantitative estimate of drug-likeness (QED) is 0.718. The van der Waals surface area contributed by atoms with E-state index in [1.807, 2.05) is 6.26 Å². The topological polar surface area (TPSA) is 87.7 Å². The molecule has 1 aliphatic rings. The molecular weight excluding hydrogens is 351 g/mol. The first-order valence-corrected chi connectivity index (χ1v) is 8.49. The summed E-state index contributed by atoms with van der Waals surface area (Å²) in [6.45, 7) is -0.391. The minimum atomic E-state index is -1.20. The fraction of sp³-hybridized carbons (Fsp3) is 0.462. The molecule has 22 heavy (non-hydrogen) atoms. The maximum Gasteiger partial charge on any atom is 0.171 e. The second-order valence-electron chi connectivity index (χ2n) is 4.95. The van der Waals surface area contributed by atoms with Crippen molar-refractivity contribution in [1.82, 2.24) is 9.55 Å². The number of imidazole rings is 1. The minimum absolute atomic E-state index is 0.391. The fourth-order valence-electron chi connectivity index (χ4n) is 2.58. The lowest BCUT2D eigenvalue weighted by Gasteiger charge is -2.19. The summed E-state index contributed by atoms with van der Waals surface area (Å²) in [4.78, 5) is 4.43. The Kier molecular flexibility index (Phi) is 4.57. The Morgan fingerprint density at radius 2 is 2.05 bits per heavy atom. The van der Waals surface area contributed by atoms with Crippen LogP contribution in [0.15, 0.2) is 17.3 Å². The largest absolute Gasteiger partial charge is 0.394 e. The van der Waals surface area contributed by atoms with Gasteiger partial charge in [0.2, 0.25) is 0 Å². The van der Waals surface area contributed by atoms with Gasteiger partial charge in [-0.3, -0.25) is 4.57 Å². The van der Waals surface area contributed by atoms with Gasteiger partial charge in [0.25, 0.3) is 0 Å². The van der Waals surface area contributed by atoms with Gasteiger partial charge < -0.3 is 20.1 Å². The molecule has 1 aromatic heterocycles. The third-order valence-electron chi connectivity index (χ3n) is 3.64. The molecule has 0 radical (unpaired) electrons. The van der Waals surface area contributed by atoms with Gasteiger partial charge in [0.15, 0.2) is 11.4 Å². The van der Waals surface area contributed by atoms with Crippen molar-refractivity contribution in [3.8, 4) is 0 Å². The highest BCUT2D eigenvalue weighted by Crippen LogP contribution is 2.38. The summed E-state index contributed by atoms with van der Waals surface area (Å²) in [5.41, 5.74) is 1.13. The van der Waals surface area contributed by atoms with Crippen molar-refractivity contribution in [1.29, 1.82) is 0 Å². The molecule has 1 aliphatic heterocycles. The van der Waals surface area contributed by atoms with Crippen LogP contribution in [0, 0.1) is 0 Å². The summed E-state index contributed by atoms with van der Waals surface area (Å²) >= 11 is 13.6. The number of hydrogen-bond donors (Lipinski definition) is 3. The Balaban J connectivity index is 2.18. The molecule has 0 aliphatic carbocycles. The second-order valence-corrected chi connectivity index (χ2v) is 6.57. The third kappa shape index (κ3) is 2.50. The summed E-state index contributed by atoms with van der Waals surface area (Å²) < 4.78 is 7.22. The van der Waals surface area contributed by atoms with Crippen molar-refractivity contribution in [2.45, 2.75) is 29.7 Å². The highest BCUT2D eigenvalue weighted by Gasteiger charge is 2.44. The Bertz CT molecular complexity index is 711. The van der Waals surface area contributed by atoms with Gasteiger partial charge >= 0.3 is 0 Å². The number of ether oxygens (including phenoxy) is 1. The number of benzene rings is 1. The minimum Gasteiger partial charge on any atom is -0.394 e. The second kappa shape index (κ2) is 6.16. The SMILES string of the molecule is CSc1nc2c(Cl)cc(Cl)cc2n1C1O[C@H](CO)[C@@H](O)[C@H]1O. The predicted octanol–water partition coefficient (Wildman–Crippen LogP) is 1.68. The zero-order chi connectivity index (χ0) is 16.0. The van der Waals surface area contributed by atoms with Crippen molar-refractivity contribution in [2.75, 3.05) is 12.9 Å². The standard InChI is InChI=1S/C13H14Cl2N2O4S/c1-22-13-16-9-6(15)2-5(14)3-7(9)17(13)12-11(20)10(19)8(4-18)21-12/h2-3,8,10-12,18-20H,4H2,1H3/t8-,10-,11-,12?/m1/s1. The molecule has 1 fully saturated rings. The van der Waals surface area contributed by atoms with Gasteiger partial charge in [-0.25, -0.2) is 4.98 Å². The number of aliphatic hydroxyl groups is 3. The maximum absolute atomic E-state index is 10.2. The van der Waals surface area contributed by atoms with E-state index in [9.17, 15) is 15.3 Å². The molecule has 4 atom stereocenters. The molecule has 0 bridgehead atoms. The first-order chi connectivity index (χ1) is 10.5. The van der Waals surface area contributed by atoms with Crippen molar-refractivity contribution in [3.63, 3.8) is 0 Å². The molecule has 1 unspecified atom stereocenters. The van der Waals surface area contributed by atoms with Gasteiger partial charge in [-0.1, -0.05) is 35.0 Å². The lowest BCUT2D eigenvalue weighted by Crippen LogP contribution is -2.33. The van der Waals surface area contributed by atoms with Crippen LogP contribution in [-0.2, 0) is 4.74 Å². The van der Waals surface area contributed by atoms with Crippen LogP contribution in [-0.4, -0.2) is 56.0 Å². The van der Waals surface area contributed by atoms with E-state index in [1.165, 1.54) is 11.8 Å². The molecule has 2 aromatic rings. The zero-order valence-corrected chi connectivity index (χ0v) is 13.8. The number of nitrogens with zero attached hydrogens (tertiary/aromatic N) is 2. The van der Waals surface area contributed by atoms with E-state index < -0.39 is 31.1 Å². The molecule has 6 nitrogen and oxygen atoms in total. The lowest BCUT2D eigenvalue weighted by molar-refractivity contribution is -0.0545. The molecule has 0 amide bonds. The monoisotopic (exact) mass is 364 g/mol. The van der Waals surface area contributed by atoms with Crippen LogP contribution in [0.1, 0.15) is 6.23 Å². The molecule has 9 heteroatoms. The normalized spacial score (nSPS) is 28.6. The Hall–Kier alpha value is -0.540. The number of fused-ring (bicyclic) bond motifs is 1. The summed E-state index contributed by atoms with van der Waals surface area (Å²) in [5, 5.41) is 30.8. The van der Waals surface area contributed by atoms with Crippen molar-refractivity contribution < 1.29 is 20.1 Å². The number of aromatic nitrogens is 2. The summed E-state index contributed by atoms with van der Waals surface area (Å²) in [5.74, 6) is 0. The predicted molar refractivity (Wildman–Crippen MR) is 84.5 cm³/mol. The van der Waals surface area contributed by atoms with E-state index >= 15 is 0 Å². The van der Waals surface area contributed by atoms with E-state index in [0.29, 0.717) is 26.2 Å². The molecular formula is C13H14Cl2N2O4S. The van der Waals surface area contributed by atoms with Gasteiger partial charge in [-0.05, 0) is 18.4 Å². The highest BCUT2D eigenvalue weighted by atomic mass is 35.5. The van der Waals surface area contributed by atoms with E-state index in [2.05, 4.69) is 4.98 Å². The summed E-state index contributed by atoms with van der Waals surface area (Å²) in [7, 11) is 0. The number of halogens is 2. The van der Waals surface area contributed by atoms with Gasteiger partial charge in [0.1, 0.15) is 23.8 Å². The van der Waals surface area contributed by atoms with E-state index in [1.54, 1.807) is 16.7 Å². The Morgan fingerprint density at radius 1 is 1.32 bits per heavy atom. The highest BCUT2D eigenvalue weighted by molar-refractivity contribution is 7.98. The van der Waals surface area contributed by atoms with E-state index in [0.717, 1.165) is 0 Å². The molecule has 1 saturated heterocycles. The molecule has 3 rings (SSSR count). The van der Waals surface area contributed by atoms with Crippen LogP contribution < -0.4 is 0 Å². The molecule has 0 saturated carbocycles. The smallest absolute Gasteiger partial charge is 0.171 e. The summed E-state index contributed by atoms with van der Waals surface area (Å²) in [6, 6.07) is 3.26. The van der Waals surface area contributed by atoms with E-state index in [4.69, 9.17) is 27.9 Å². The molecule has 1 aromatic carbocycles. The van der Waals surface area contributed by atoms with Gasteiger partial charge in [0, 0.05) is 5.02 Å². The zero-order valence-electron chi connectivity index (χ0n) is 11.5. The molecule has 0 spiro atoms. The van der Waals surface area contributed by atoms with Crippen LogP contribution in [0.2, 0.25) is 10.0 Å². The van der Waals surface area contributed by atoms with Crippen LogP contribution in [0.5, 0.6) is 0 Å². The maximum atomic E-state index is 10.2. The van der Waals surface area contributed by atoms with Crippen molar-refractivity contribution in [3.05, 3.63) is 22.2 Å². The molecule has 3 N–H and O–H groups in total. The van der Waals surface area contributed by atoms with Crippen molar-refractivity contribution in [2.24, 2.45) is 0 Å². The third-order valence-corrected chi connectivity index (χ3v) is 4.79. The average molecular weight is 365 g/mol.